The standard InChI is InChI=1S/C17H26N2O3S/c1-12(2)16(20)19-17(23(3,21)22)15-11-7-10-14(18-15)13-8-5-4-6-9-13/h7,10-13,17H,4-6,8-9H2,1-3H3,(H,19,20). The maximum Gasteiger partial charge on any atom is 0.223 e. The third-order valence-electron chi connectivity index (χ3n) is 4.31. The molecule has 2 rings (SSSR count). The van der Waals surface area contributed by atoms with Gasteiger partial charge in [0.2, 0.25) is 5.91 Å². The van der Waals surface area contributed by atoms with E-state index in [4.69, 9.17) is 0 Å². The average molecular weight is 338 g/mol. The van der Waals surface area contributed by atoms with Gasteiger partial charge in [0.25, 0.3) is 0 Å². The van der Waals surface area contributed by atoms with Crippen molar-refractivity contribution < 1.29 is 13.2 Å². The van der Waals surface area contributed by atoms with Gasteiger partial charge in [-0.3, -0.25) is 9.78 Å². The average Bonchev–Trinajstić information content (AvgIpc) is 2.52. The predicted octanol–water partition coefficient (Wildman–Crippen LogP) is 2.94. The molecule has 0 spiro atoms. The van der Waals surface area contributed by atoms with Crippen molar-refractivity contribution in [1.82, 2.24) is 10.3 Å². The van der Waals surface area contributed by atoms with Crippen molar-refractivity contribution in [2.75, 3.05) is 6.26 Å². The Kier molecular flexibility index (Phi) is 5.79. The third-order valence-corrected chi connectivity index (χ3v) is 5.53. The van der Waals surface area contributed by atoms with E-state index in [1.807, 2.05) is 12.1 Å². The second kappa shape index (κ2) is 7.43. The zero-order valence-corrected chi connectivity index (χ0v) is 14.9. The van der Waals surface area contributed by atoms with Crippen LogP contribution in [0.15, 0.2) is 18.2 Å². The Morgan fingerprint density at radius 3 is 2.43 bits per heavy atom. The first-order chi connectivity index (χ1) is 10.8. The number of hydrogen-bond donors (Lipinski definition) is 1. The van der Waals surface area contributed by atoms with Gasteiger partial charge in [-0.25, -0.2) is 8.42 Å². The van der Waals surface area contributed by atoms with Crippen LogP contribution in [0.1, 0.15) is 68.6 Å². The van der Waals surface area contributed by atoms with E-state index in [0.29, 0.717) is 11.6 Å². The van der Waals surface area contributed by atoms with Crippen molar-refractivity contribution in [3.05, 3.63) is 29.6 Å². The number of pyridine rings is 1. The van der Waals surface area contributed by atoms with Crippen molar-refractivity contribution in [1.29, 1.82) is 0 Å². The molecule has 1 unspecified atom stereocenters. The molecular formula is C17H26N2O3S. The lowest BCUT2D eigenvalue weighted by molar-refractivity contribution is -0.124. The Bertz CT molecular complexity index is 650. The van der Waals surface area contributed by atoms with E-state index in [1.54, 1.807) is 19.9 Å². The van der Waals surface area contributed by atoms with Gasteiger partial charge in [0.1, 0.15) is 0 Å². The molecule has 6 heteroatoms. The Morgan fingerprint density at radius 1 is 1.22 bits per heavy atom. The van der Waals surface area contributed by atoms with Crippen LogP contribution in [0.3, 0.4) is 0 Å². The molecule has 0 aliphatic heterocycles. The summed E-state index contributed by atoms with van der Waals surface area (Å²) in [4.78, 5) is 16.5. The number of nitrogens with one attached hydrogen (secondary N) is 1. The second-order valence-corrected chi connectivity index (χ2v) is 8.83. The maximum atomic E-state index is 12.1. The normalized spacial score (nSPS) is 17.9. The van der Waals surface area contributed by atoms with E-state index < -0.39 is 15.2 Å². The lowest BCUT2D eigenvalue weighted by Crippen LogP contribution is -2.36. The van der Waals surface area contributed by atoms with E-state index in [1.165, 1.54) is 19.3 Å². The van der Waals surface area contributed by atoms with Crippen molar-refractivity contribution >= 4 is 15.7 Å². The Morgan fingerprint density at radius 2 is 1.87 bits per heavy atom. The number of hydrogen-bond acceptors (Lipinski definition) is 4. The summed E-state index contributed by atoms with van der Waals surface area (Å²) in [6, 6.07) is 5.48. The lowest BCUT2D eigenvalue weighted by atomic mass is 9.86. The predicted molar refractivity (Wildman–Crippen MR) is 90.6 cm³/mol. The van der Waals surface area contributed by atoms with Gasteiger partial charge in [0.15, 0.2) is 15.2 Å². The SMILES string of the molecule is CC(C)C(=O)NC(c1cccc(C2CCCCC2)n1)S(C)(=O)=O. The van der Waals surface area contributed by atoms with Crippen LogP contribution in [0.2, 0.25) is 0 Å². The minimum atomic E-state index is -3.49. The van der Waals surface area contributed by atoms with Gasteiger partial charge in [-0.05, 0) is 25.0 Å². The van der Waals surface area contributed by atoms with E-state index in [2.05, 4.69) is 10.3 Å². The highest BCUT2D eigenvalue weighted by Gasteiger charge is 2.28. The summed E-state index contributed by atoms with van der Waals surface area (Å²) in [6.07, 6.45) is 6.96. The monoisotopic (exact) mass is 338 g/mol. The molecular weight excluding hydrogens is 312 g/mol. The van der Waals surface area contributed by atoms with Crippen molar-refractivity contribution in [3.63, 3.8) is 0 Å². The molecule has 0 aromatic carbocycles. The topological polar surface area (TPSA) is 76.1 Å². The molecule has 0 radical (unpaired) electrons. The van der Waals surface area contributed by atoms with Crippen LogP contribution < -0.4 is 5.32 Å². The number of aromatic nitrogens is 1. The van der Waals surface area contributed by atoms with Crippen LogP contribution in [0.4, 0.5) is 0 Å². The molecule has 23 heavy (non-hydrogen) atoms. The molecule has 0 bridgehead atoms. The zero-order valence-electron chi connectivity index (χ0n) is 14.1. The molecule has 1 aliphatic rings. The summed E-state index contributed by atoms with van der Waals surface area (Å²) < 4.78 is 24.2. The second-order valence-electron chi connectivity index (χ2n) is 6.70. The van der Waals surface area contributed by atoms with Crippen LogP contribution >= 0.6 is 0 Å². The fourth-order valence-electron chi connectivity index (χ4n) is 2.94. The largest absolute Gasteiger partial charge is 0.334 e. The van der Waals surface area contributed by atoms with Gasteiger partial charge in [-0.2, -0.15) is 0 Å². The van der Waals surface area contributed by atoms with Gasteiger partial charge in [-0.1, -0.05) is 39.2 Å². The molecule has 0 saturated heterocycles. The molecule has 1 aromatic rings. The summed E-state index contributed by atoms with van der Waals surface area (Å²) >= 11 is 0. The van der Waals surface area contributed by atoms with Gasteiger partial charge < -0.3 is 5.32 Å². The summed E-state index contributed by atoms with van der Waals surface area (Å²) in [5.41, 5.74) is 1.35. The molecule has 5 nitrogen and oxygen atoms in total. The molecule has 1 N–H and O–H groups in total. The maximum absolute atomic E-state index is 12.1. The van der Waals surface area contributed by atoms with E-state index in [9.17, 15) is 13.2 Å². The summed E-state index contributed by atoms with van der Waals surface area (Å²) in [5.74, 6) is -0.171. The minimum absolute atomic E-state index is 0.277. The number of nitrogens with zero attached hydrogens (tertiary/aromatic N) is 1. The summed E-state index contributed by atoms with van der Waals surface area (Å²) in [7, 11) is -3.49. The zero-order chi connectivity index (χ0) is 17.0. The van der Waals surface area contributed by atoms with Crippen LogP contribution in [0, 0.1) is 5.92 Å². The van der Waals surface area contributed by atoms with E-state index in [0.717, 1.165) is 24.8 Å². The van der Waals surface area contributed by atoms with Crippen molar-refractivity contribution in [3.8, 4) is 0 Å². The third kappa shape index (κ3) is 4.77. The van der Waals surface area contributed by atoms with Gasteiger partial charge >= 0.3 is 0 Å². The van der Waals surface area contributed by atoms with E-state index >= 15 is 0 Å². The molecule has 1 amide bonds. The summed E-state index contributed by atoms with van der Waals surface area (Å²) in [5, 5.41) is 1.53. The fraction of sp³-hybridized carbons (Fsp3) is 0.647. The van der Waals surface area contributed by atoms with Gasteiger partial charge in [0, 0.05) is 23.8 Å². The molecule has 1 heterocycles. The van der Waals surface area contributed by atoms with Crippen LogP contribution in [0.5, 0.6) is 0 Å². The van der Waals surface area contributed by atoms with Crippen molar-refractivity contribution in [2.24, 2.45) is 5.92 Å². The Hall–Kier alpha value is -1.43. The highest BCUT2D eigenvalue weighted by Crippen LogP contribution is 2.32. The Balaban J connectivity index is 2.29. The van der Waals surface area contributed by atoms with Gasteiger partial charge in [-0.15, -0.1) is 0 Å². The molecule has 1 atom stereocenters. The molecule has 128 valence electrons. The molecule has 1 aromatic heterocycles. The van der Waals surface area contributed by atoms with Gasteiger partial charge in [0.05, 0.1) is 5.69 Å². The number of carbonyl (C=O) groups excluding carboxylic acids is 1. The number of sulfone groups is 1. The van der Waals surface area contributed by atoms with Crippen LogP contribution in [-0.2, 0) is 14.6 Å². The smallest absolute Gasteiger partial charge is 0.223 e. The Labute approximate surface area is 138 Å². The van der Waals surface area contributed by atoms with Crippen molar-refractivity contribution in [2.45, 2.75) is 57.2 Å². The fourth-order valence-corrected chi connectivity index (χ4v) is 3.84. The first-order valence-corrected chi connectivity index (χ1v) is 10.2. The number of carbonyl (C=O) groups is 1. The summed E-state index contributed by atoms with van der Waals surface area (Å²) in [6.45, 7) is 3.47. The highest BCUT2D eigenvalue weighted by atomic mass is 32.2. The first kappa shape index (κ1) is 17.9. The van der Waals surface area contributed by atoms with Crippen LogP contribution in [-0.4, -0.2) is 25.6 Å². The molecule has 1 fully saturated rings. The highest BCUT2D eigenvalue weighted by molar-refractivity contribution is 7.90. The number of amides is 1. The minimum Gasteiger partial charge on any atom is -0.334 e. The number of rotatable bonds is 5. The quantitative estimate of drug-likeness (QED) is 0.895. The van der Waals surface area contributed by atoms with E-state index in [-0.39, 0.29) is 11.8 Å². The van der Waals surface area contributed by atoms with Crippen LogP contribution in [0.25, 0.3) is 0 Å². The molecule has 1 saturated carbocycles. The molecule has 1 aliphatic carbocycles. The first-order valence-electron chi connectivity index (χ1n) is 8.25. The lowest BCUT2D eigenvalue weighted by Gasteiger charge is -2.23.